The number of benzene rings is 1. The maximum atomic E-state index is 13.1. The number of aliphatic carboxylic acids is 1. The largest absolute Gasteiger partial charge is 0.481 e. The molecule has 1 aromatic rings. The van der Waals surface area contributed by atoms with Gasteiger partial charge in [0.2, 0.25) is 0 Å². The molecule has 1 N–H and O–H groups in total. The van der Waals surface area contributed by atoms with E-state index in [9.17, 15) is 19.3 Å². The fourth-order valence-electron chi connectivity index (χ4n) is 2.38. The minimum atomic E-state index is -0.841. The summed E-state index contributed by atoms with van der Waals surface area (Å²) in [6.45, 7) is 2.82. The molecule has 0 amide bonds. The number of nitro groups is 1. The second kappa shape index (κ2) is 6.49. The van der Waals surface area contributed by atoms with Crippen molar-refractivity contribution in [1.82, 2.24) is 4.90 Å². The third kappa shape index (κ3) is 3.88. The van der Waals surface area contributed by atoms with Crippen molar-refractivity contribution in [2.75, 3.05) is 37.6 Å². The van der Waals surface area contributed by atoms with Crippen LogP contribution in [-0.4, -0.2) is 53.6 Å². The van der Waals surface area contributed by atoms with E-state index in [0.29, 0.717) is 38.4 Å². The van der Waals surface area contributed by atoms with Crippen LogP contribution in [-0.2, 0) is 4.79 Å². The van der Waals surface area contributed by atoms with Gasteiger partial charge in [0.05, 0.1) is 17.4 Å². The van der Waals surface area contributed by atoms with E-state index in [1.165, 1.54) is 12.1 Å². The first-order valence-corrected chi connectivity index (χ1v) is 6.60. The molecule has 0 atom stereocenters. The zero-order valence-electron chi connectivity index (χ0n) is 11.4. The Morgan fingerprint density at radius 2 is 2.00 bits per heavy atom. The highest BCUT2D eigenvalue weighted by Crippen LogP contribution is 2.29. The van der Waals surface area contributed by atoms with E-state index in [4.69, 9.17) is 5.11 Å². The van der Waals surface area contributed by atoms with Gasteiger partial charge in [-0.1, -0.05) is 0 Å². The molecule has 0 aliphatic carbocycles. The van der Waals surface area contributed by atoms with E-state index in [1.54, 1.807) is 0 Å². The second-order valence-corrected chi connectivity index (χ2v) is 4.86. The highest BCUT2D eigenvalue weighted by molar-refractivity contribution is 5.67. The monoisotopic (exact) mass is 297 g/mol. The van der Waals surface area contributed by atoms with E-state index in [0.717, 1.165) is 6.07 Å². The molecular formula is C13H16FN3O4. The van der Waals surface area contributed by atoms with Crippen molar-refractivity contribution in [3.8, 4) is 0 Å². The number of piperazine rings is 1. The lowest BCUT2D eigenvalue weighted by Crippen LogP contribution is -2.47. The molecule has 7 nitrogen and oxygen atoms in total. The number of rotatable bonds is 5. The standard InChI is InChI=1S/C13H16FN3O4/c14-10-1-2-11(12(9-10)17(20)21)16-7-5-15(6-8-16)4-3-13(18)19/h1-2,9H,3-8H2,(H,18,19). The summed E-state index contributed by atoms with van der Waals surface area (Å²) in [7, 11) is 0. The molecule has 1 aliphatic rings. The van der Waals surface area contributed by atoms with Gasteiger partial charge in [0.1, 0.15) is 11.5 Å². The van der Waals surface area contributed by atoms with Crippen molar-refractivity contribution in [1.29, 1.82) is 0 Å². The van der Waals surface area contributed by atoms with Gasteiger partial charge in [-0.05, 0) is 12.1 Å². The number of carboxylic acid groups (broad SMARTS) is 1. The molecule has 0 unspecified atom stereocenters. The molecule has 1 heterocycles. The van der Waals surface area contributed by atoms with E-state index >= 15 is 0 Å². The van der Waals surface area contributed by atoms with Crippen LogP contribution in [0, 0.1) is 15.9 Å². The van der Waals surface area contributed by atoms with E-state index in [2.05, 4.69) is 0 Å². The summed E-state index contributed by atoms with van der Waals surface area (Å²) < 4.78 is 13.1. The SMILES string of the molecule is O=C(O)CCN1CCN(c2ccc(F)cc2[N+](=O)[O-])CC1. The molecule has 2 rings (SSSR count). The van der Waals surface area contributed by atoms with Gasteiger partial charge in [-0.2, -0.15) is 0 Å². The van der Waals surface area contributed by atoms with Gasteiger partial charge in [-0.3, -0.25) is 19.8 Å². The average molecular weight is 297 g/mol. The Bertz CT molecular complexity index is 544. The first kappa shape index (κ1) is 15.2. The number of hydrogen-bond acceptors (Lipinski definition) is 5. The minimum absolute atomic E-state index is 0.0801. The Morgan fingerprint density at radius 3 is 2.57 bits per heavy atom. The maximum absolute atomic E-state index is 13.1. The number of carbonyl (C=O) groups is 1. The van der Waals surface area contributed by atoms with Crippen LogP contribution in [0.3, 0.4) is 0 Å². The predicted octanol–water partition coefficient (Wildman–Crippen LogP) is 1.33. The Kier molecular flexibility index (Phi) is 4.69. The summed E-state index contributed by atoms with van der Waals surface area (Å²) in [5, 5.41) is 19.6. The Labute approximate surface area is 120 Å². The quantitative estimate of drug-likeness (QED) is 0.651. The van der Waals surface area contributed by atoms with Crippen molar-refractivity contribution < 1.29 is 19.2 Å². The Hall–Kier alpha value is -2.22. The predicted molar refractivity (Wildman–Crippen MR) is 74.0 cm³/mol. The number of nitro benzene ring substituents is 1. The lowest BCUT2D eigenvalue weighted by molar-refractivity contribution is -0.384. The van der Waals surface area contributed by atoms with Gasteiger partial charge in [-0.15, -0.1) is 0 Å². The second-order valence-electron chi connectivity index (χ2n) is 4.86. The third-order valence-electron chi connectivity index (χ3n) is 3.49. The summed E-state index contributed by atoms with van der Waals surface area (Å²) in [5.41, 5.74) is 0.160. The highest BCUT2D eigenvalue weighted by Gasteiger charge is 2.24. The van der Waals surface area contributed by atoms with Crippen molar-refractivity contribution in [3.63, 3.8) is 0 Å². The molecule has 0 spiro atoms. The maximum Gasteiger partial charge on any atom is 0.304 e. The van der Waals surface area contributed by atoms with Gasteiger partial charge >= 0.3 is 5.97 Å². The van der Waals surface area contributed by atoms with E-state index in [-0.39, 0.29) is 12.1 Å². The summed E-state index contributed by atoms with van der Waals surface area (Å²) in [6, 6.07) is 3.55. The molecule has 8 heteroatoms. The number of anilines is 1. The number of carboxylic acids is 1. The zero-order valence-corrected chi connectivity index (χ0v) is 11.4. The molecule has 1 fully saturated rings. The molecular weight excluding hydrogens is 281 g/mol. The van der Waals surface area contributed by atoms with Crippen LogP contribution in [0.25, 0.3) is 0 Å². The van der Waals surface area contributed by atoms with Crippen LogP contribution in [0.5, 0.6) is 0 Å². The van der Waals surface area contributed by atoms with Crippen molar-refractivity contribution in [2.45, 2.75) is 6.42 Å². The Balaban J connectivity index is 2.02. The number of nitrogens with zero attached hydrogens (tertiary/aromatic N) is 3. The topological polar surface area (TPSA) is 86.9 Å². The normalized spacial score (nSPS) is 16.0. The van der Waals surface area contributed by atoms with Crippen molar-refractivity contribution >= 4 is 17.3 Å². The van der Waals surface area contributed by atoms with Crippen molar-refractivity contribution in [2.24, 2.45) is 0 Å². The lowest BCUT2D eigenvalue weighted by Gasteiger charge is -2.35. The Morgan fingerprint density at radius 1 is 1.33 bits per heavy atom. The van der Waals surface area contributed by atoms with E-state index in [1.807, 2.05) is 9.80 Å². The zero-order chi connectivity index (χ0) is 15.4. The van der Waals surface area contributed by atoms with Crippen molar-refractivity contribution in [3.05, 3.63) is 34.1 Å². The van der Waals surface area contributed by atoms with Crippen LogP contribution < -0.4 is 4.90 Å². The van der Waals surface area contributed by atoms with Crippen LogP contribution >= 0.6 is 0 Å². The van der Waals surface area contributed by atoms with Gasteiger partial charge in [-0.25, -0.2) is 4.39 Å². The average Bonchev–Trinajstić information content (AvgIpc) is 2.45. The first-order chi connectivity index (χ1) is 9.97. The third-order valence-corrected chi connectivity index (χ3v) is 3.49. The summed E-state index contributed by atoms with van der Waals surface area (Å²) in [5.74, 6) is -1.47. The van der Waals surface area contributed by atoms with Crippen LogP contribution in [0.4, 0.5) is 15.8 Å². The number of halogens is 1. The molecule has 21 heavy (non-hydrogen) atoms. The highest BCUT2D eigenvalue weighted by atomic mass is 19.1. The van der Waals surface area contributed by atoms with Crippen LogP contribution in [0.1, 0.15) is 6.42 Å². The lowest BCUT2D eigenvalue weighted by atomic mass is 10.2. The fraction of sp³-hybridized carbons (Fsp3) is 0.462. The van der Waals surface area contributed by atoms with Crippen LogP contribution in [0.15, 0.2) is 18.2 Å². The smallest absolute Gasteiger partial charge is 0.304 e. The van der Waals surface area contributed by atoms with Crippen LogP contribution in [0.2, 0.25) is 0 Å². The minimum Gasteiger partial charge on any atom is -0.481 e. The van der Waals surface area contributed by atoms with Gasteiger partial charge in [0.25, 0.3) is 5.69 Å². The molecule has 0 aromatic heterocycles. The molecule has 1 aromatic carbocycles. The molecule has 1 saturated heterocycles. The summed E-state index contributed by atoms with van der Waals surface area (Å²) >= 11 is 0. The molecule has 0 saturated carbocycles. The first-order valence-electron chi connectivity index (χ1n) is 6.60. The summed E-state index contributed by atoms with van der Waals surface area (Å²) in [6.07, 6.45) is 0.0801. The van der Waals surface area contributed by atoms with Gasteiger partial charge in [0, 0.05) is 32.7 Å². The van der Waals surface area contributed by atoms with Gasteiger partial charge < -0.3 is 10.0 Å². The molecule has 114 valence electrons. The number of hydrogen-bond donors (Lipinski definition) is 1. The summed E-state index contributed by atoms with van der Waals surface area (Å²) in [4.78, 5) is 24.8. The molecule has 0 radical (unpaired) electrons. The fourth-order valence-corrected chi connectivity index (χ4v) is 2.38. The van der Waals surface area contributed by atoms with E-state index < -0.39 is 16.7 Å². The molecule has 1 aliphatic heterocycles. The molecule has 0 bridgehead atoms. The van der Waals surface area contributed by atoms with Gasteiger partial charge in [0.15, 0.2) is 0 Å².